The number of amides is 1. The molecule has 3 aromatic rings. The molecular formula is C15H11N3OS. The number of nitrogens with two attached hydrogens (primary N) is 1. The molecule has 4 nitrogen and oxygen atoms in total. The Hall–Kier alpha value is -2.53. The number of aromatic nitrogens is 2. The van der Waals surface area contributed by atoms with E-state index in [1.807, 2.05) is 29.6 Å². The predicted octanol–water partition coefficient (Wildman–Crippen LogP) is 2.97. The van der Waals surface area contributed by atoms with Crippen LogP contribution in [0.3, 0.4) is 0 Å². The first-order chi connectivity index (χ1) is 9.75. The Labute approximate surface area is 119 Å². The third-order valence-electron chi connectivity index (χ3n) is 2.88. The summed E-state index contributed by atoms with van der Waals surface area (Å²) in [5.41, 5.74) is 8.35. The summed E-state index contributed by atoms with van der Waals surface area (Å²) < 4.78 is 0. The van der Waals surface area contributed by atoms with Crippen LogP contribution in [0.2, 0.25) is 0 Å². The van der Waals surface area contributed by atoms with Crippen LogP contribution in [0.4, 0.5) is 0 Å². The van der Waals surface area contributed by atoms with Crippen molar-refractivity contribution in [2.75, 3.05) is 0 Å². The van der Waals surface area contributed by atoms with Gasteiger partial charge in [-0.25, -0.2) is 4.98 Å². The number of hydrogen-bond donors (Lipinski definition) is 1. The Morgan fingerprint density at radius 1 is 1.15 bits per heavy atom. The summed E-state index contributed by atoms with van der Waals surface area (Å²) in [5.74, 6) is -0.448. The minimum absolute atomic E-state index is 0.448. The summed E-state index contributed by atoms with van der Waals surface area (Å²) in [6, 6.07) is 11.0. The Morgan fingerprint density at radius 3 is 2.75 bits per heavy atom. The van der Waals surface area contributed by atoms with Crippen LogP contribution in [-0.4, -0.2) is 15.9 Å². The molecule has 3 rings (SSSR count). The molecule has 5 heteroatoms. The van der Waals surface area contributed by atoms with Crippen LogP contribution >= 0.6 is 11.3 Å². The SMILES string of the molecule is NC(=O)c1ccccc1-c1csc(-c2cccnc2)n1. The minimum Gasteiger partial charge on any atom is -0.366 e. The van der Waals surface area contributed by atoms with E-state index >= 15 is 0 Å². The zero-order valence-electron chi connectivity index (χ0n) is 10.5. The average molecular weight is 281 g/mol. The van der Waals surface area contributed by atoms with Gasteiger partial charge in [-0.3, -0.25) is 9.78 Å². The number of rotatable bonds is 3. The summed E-state index contributed by atoms with van der Waals surface area (Å²) in [6.07, 6.45) is 3.49. The lowest BCUT2D eigenvalue weighted by molar-refractivity contribution is 0.100. The van der Waals surface area contributed by atoms with Crippen LogP contribution in [0, 0.1) is 0 Å². The van der Waals surface area contributed by atoms with Crippen LogP contribution in [0.25, 0.3) is 21.8 Å². The van der Waals surface area contributed by atoms with Gasteiger partial charge in [-0.1, -0.05) is 18.2 Å². The van der Waals surface area contributed by atoms with Crippen LogP contribution in [0.15, 0.2) is 54.2 Å². The van der Waals surface area contributed by atoms with Gasteiger partial charge in [-0.15, -0.1) is 11.3 Å². The van der Waals surface area contributed by atoms with E-state index in [1.54, 1.807) is 24.5 Å². The molecule has 0 saturated carbocycles. The largest absolute Gasteiger partial charge is 0.366 e. The molecule has 0 bridgehead atoms. The predicted molar refractivity (Wildman–Crippen MR) is 79.3 cm³/mol. The molecule has 0 unspecified atom stereocenters. The van der Waals surface area contributed by atoms with Gasteiger partial charge in [0.2, 0.25) is 5.91 Å². The lowest BCUT2D eigenvalue weighted by atomic mass is 10.1. The van der Waals surface area contributed by atoms with Gasteiger partial charge in [0.25, 0.3) is 0 Å². The number of primary amides is 1. The Kier molecular flexibility index (Phi) is 3.26. The first kappa shape index (κ1) is 12.5. The van der Waals surface area contributed by atoms with E-state index in [0.29, 0.717) is 5.56 Å². The molecule has 0 saturated heterocycles. The fourth-order valence-corrected chi connectivity index (χ4v) is 2.75. The van der Waals surface area contributed by atoms with Crippen molar-refractivity contribution in [3.63, 3.8) is 0 Å². The third kappa shape index (κ3) is 2.31. The van der Waals surface area contributed by atoms with E-state index in [0.717, 1.165) is 21.8 Å². The molecule has 0 fully saturated rings. The number of pyridine rings is 1. The van der Waals surface area contributed by atoms with Gasteiger partial charge in [-0.2, -0.15) is 0 Å². The fraction of sp³-hybridized carbons (Fsp3) is 0. The number of carbonyl (C=O) groups is 1. The van der Waals surface area contributed by atoms with Crippen molar-refractivity contribution in [3.8, 4) is 21.8 Å². The van der Waals surface area contributed by atoms with Crippen LogP contribution in [0.5, 0.6) is 0 Å². The summed E-state index contributed by atoms with van der Waals surface area (Å²) in [4.78, 5) is 20.1. The van der Waals surface area contributed by atoms with Crippen molar-refractivity contribution in [2.24, 2.45) is 5.73 Å². The van der Waals surface area contributed by atoms with Gasteiger partial charge in [0, 0.05) is 34.5 Å². The lowest BCUT2D eigenvalue weighted by Crippen LogP contribution is -2.12. The molecule has 0 radical (unpaired) electrons. The van der Waals surface area contributed by atoms with Crippen molar-refractivity contribution < 1.29 is 4.79 Å². The zero-order valence-corrected chi connectivity index (χ0v) is 11.3. The van der Waals surface area contributed by atoms with Gasteiger partial charge >= 0.3 is 0 Å². The Balaban J connectivity index is 2.05. The second-order valence-electron chi connectivity index (χ2n) is 4.19. The highest BCUT2D eigenvalue weighted by Gasteiger charge is 2.12. The summed E-state index contributed by atoms with van der Waals surface area (Å²) in [5, 5.41) is 2.79. The summed E-state index contributed by atoms with van der Waals surface area (Å²) >= 11 is 1.51. The van der Waals surface area contributed by atoms with E-state index in [4.69, 9.17) is 5.73 Å². The first-order valence-corrected chi connectivity index (χ1v) is 6.89. The molecule has 1 aromatic carbocycles. The van der Waals surface area contributed by atoms with Gasteiger partial charge in [-0.05, 0) is 18.2 Å². The molecule has 2 N–H and O–H groups in total. The highest BCUT2D eigenvalue weighted by atomic mass is 32.1. The smallest absolute Gasteiger partial charge is 0.249 e. The van der Waals surface area contributed by atoms with E-state index in [2.05, 4.69) is 9.97 Å². The van der Waals surface area contributed by atoms with Crippen LogP contribution in [-0.2, 0) is 0 Å². The highest BCUT2D eigenvalue weighted by Crippen LogP contribution is 2.29. The number of benzene rings is 1. The molecule has 0 atom stereocenters. The Morgan fingerprint density at radius 2 is 2.00 bits per heavy atom. The van der Waals surface area contributed by atoms with Gasteiger partial charge in [0.1, 0.15) is 5.01 Å². The van der Waals surface area contributed by atoms with Crippen LogP contribution in [0.1, 0.15) is 10.4 Å². The second kappa shape index (κ2) is 5.22. The van der Waals surface area contributed by atoms with E-state index in [-0.39, 0.29) is 0 Å². The molecular weight excluding hydrogens is 270 g/mol. The zero-order chi connectivity index (χ0) is 13.9. The van der Waals surface area contributed by atoms with Crippen LogP contribution < -0.4 is 5.73 Å². The molecule has 0 aliphatic heterocycles. The monoisotopic (exact) mass is 281 g/mol. The normalized spacial score (nSPS) is 10.4. The van der Waals surface area contributed by atoms with Crippen molar-refractivity contribution in [2.45, 2.75) is 0 Å². The standard InChI is InChI=1S/C15H11N3OS/c16-14(19)12-6-2-1-5-11(12)13-9-20-15(18-13)10-4-3-7-17-8-10/h1-9H,(H2,16,19). The summed E-state index contributed by atoms with van der Waals surface area (Å²) in [6.45, 7) is 0. The van der Waals surface area contributed by atoms with E-state index in [1.165, 1.54) is 11.3 Å². The molecule has 98 valence electrons. The molecule has 2 aromatic heterocycles. The molecule has 20 heavy (non-hydrogen) atoms. The number of nitrogens with zero attached hydrogens (tertiary/aromatic N) is 2. The van der Waals surface area contributed by atoms with Gasteiger partial charge in [0.15, 0.2) is 0 Å². The van der Waals surface area contributed by atoms with Crippen molar-refractivity contribution >= 4 is 17.2 Å². The second-order valence-corrected chi connectivity index (χ2v) is 5.05. The van der Waals surface area contributed by atoms with E-state index < -0.39 is 5.91 Å². The molecule has 0 aliphatic rings. The fourth-order valence-electron chi connectivity index (χ4n) is 1.94. The molecule has 2 heterocycles. The number of hydrogen-bond acceptors (Lipinski definition) is 4. The molecule has 1 amide bonds. The maximum atomic E-state index is 11.5. The highest BCUT2D eigenvalue weighted by molar-refractivity contribution is 7.13. The van der Waals surface area contributed by atoms with Crippen molar-refractivity contribution in [1.29, 1.82) is 0 Å². The van der Waals surface area contributed by atoms with Crippen molar-refractivity contribution in [3.05, 3.63) is 59.7 Å². The van der Waals surface area contributed by atoms with Gasteiger partial charge in [0.05, 0.1) is 5.69 Å². The minimum atomic E-state index is -0.448. The molecule has 0 spiro atoms. The van der Waals surface area contributed by atoms with Crippen molar-refractivity contribution in [1.82, 2.24) is 9.97 Å². The maximum Gasteiger partial charge on any atom is 0.249 e. The van der Waals surface area contributed by atoms with Gasteiger partial charge < -0.3 is 5.73 Å². The Bertz CT molecular complexity index is 753. The summed E-state index contributed by atoms with van der Waals surface area (Å²) in [7, 11) is 0. The number of carbonyl (C=O) groups excluding carboxylic acids is 1. The maximum absolute atomic E-state index is 11.5. The first-order valence-electron chi connectivity index (χ1n) is 6.01. The number of thiazole rings is 1. The lowest BCUT2D eigenvalue weighted by Gasteiger charge is -2.02. The molecule has 0 aliphatic carbocycles. The third-order valence-corrected chi connectivity index (χ3v) is 3.77. The topological polar surface area (TPSA) is 68.9 Å². The quantitative estimate of drug-likeness (QED) is 0.802. The average Bonchev–Trinajstić information content (AvgIpc) is 2.98. The van der Waals surface area contributed by atoms with E-state index in [9.17, 15) is 4.79 Å².